The van der Waals surface area contributed by atoms with Gasteiger partial charge < -0.3 is 29.0 Å². The number of hydrogen-bond donors (Lipinski definition) is 1. The Bertz CT molecular complexity index is 1090. The number of phosphoric acid groups is 1. The molecule has 0 aliphatic carbocycles. The lowest BCUT2D eigenvalue weighted by Gasteiger charge is -2.46. The largest absolute Gasteiger partial charge is 0.475 e. The van der Waals surface area contributed by atoms with E-state index < -0.39 is 38.5 Å². The van der Waals surface area contributed by atoms with Gasteiger partial charge in [0.05, 0.1) is 32.2 Å². The molecule has 1 heterocycles. The summed E-state index contributed by atoms with van der Waals surface area (Å²) in [5.41, 5.74) is 0. The molecule has 1 amide bonds. The zero-order valence-electron chi connectivity index (χ0n) is 36.5. The van der Waals surface area contributed by atoms with Crippen LogP contribution in [-0.4, -0.2) is 83.3 Å². The Morgan fingerprint density at radius 2 is 1.37 bits per heavy atom. The van der Waals surface area contributed by atoms with Crippen LogP contribution in [0.3, 0.4) is 0 Å². The van der Waals surface area contributed by atoms with Gasteiger partial charge in [-0.2, -0.15) is 0 Å². The fourth-order valence-electron chi connectivity index (χ4n) is 6.79. The first-order valence-electron chi connectivity index (χ1n) is 22.1. The van der Waals surface area contributed by atoms with Gasteiger partial charge in [-0.05, 0) is 51.9 Å². The lowest BCUT2D eigenvalue weighted by molar-refractivity contribution is -0.262. The number of carbonyl (C=O) groups excluding carboxylic acids is 1. The molecule has 332 valence electrons. The Balaban J connectivity index is 3.04. The van der Waals surface area contributed by atoms with Crippen LogP contribution < -0.4 is 5.32 Å². The first kappa shape index (κ1) is 53.2. The van der Waals surface area contributed by atoms with Gasteiger partial charge in [-0.15, -0.1) is 13.2 Å². The van der Waals surface area contributed by atoms with Crippen molar-refractivity contribution in [3.8, 4) is 0 Å². The van der Waals surface area contributed by atoms with Crippen molar-refractivity contribution >= 4 is 13.7 Å². The predicted molar refractivity (Wildman–Crippen MR) is 231 cm³/mol. The van der Waals surface area contributed by atoms with E-state index in [1.54, 1.807) is 13.2 Å². The summed E-state index contributed by atoms with van der Waals surface area (Å²) in [4.78, 5) is 13.6. The molecule has 0 aromatic carbocycles. The van der Waals surface area contributed by atoms with Crippen molar-refractivity contribution < 1.29 is 46.6 Å². The first-order chi connectivity index (χ1) is 27.8. The molecule has 1 fully saturated rings. The molecule has 11 nitrogen and oxygen atoms in total. The minimum absolute atomic E-state index is 0.0105. The van der Waals surface area contributed by atoms with E-state index >= 15 is 0 Å². The van der Waals surface area contributed by atoms with Crippen LogP contribution in [0.15, 0.2) is 49.8 Å². The van der Waals surface area contributed by atoms with Crippen molar-refractivity contribution in [2.45, 2.75) is 192 Å². The van der Waals surface area contributed by atoms with Crippen molar-refractivity contribution in [3.05, 3.63) is 49.8 Å². The average molecular weight is 828 g/mol. The van der Waals surface area contributed by atoms with Gasteiger partial charge in [-0.3, -0.25) is 18.4 Å². The molecular weight excluding hydrogens is 745 g/mol. The highest BCUT2D eigenvalue weighted by molar-refractivity contribution is 7.48. The van der Waals surface area contributed by atoms with E-state index in [-0.39, 0.29) is 38.4 Å². The van der Waals surface area contributed by atoms with Crippen molar-refractivity contribution in [3.63, 3.8) is 0 Å². The van der Waals surface area contributed by atoms with Crippen molar-refractivity contribution in [1.82, 2.24) is 5.32 Å². The van der Waals surface area contributed by atoms with Gasteiger partial charge in [0.15, 0.2) is 0 Å². The van der Waals surface area contributed by atoms with Gasteiger partial charge in [0, 0.05) is 27.2 Å². The van der Waals surface area contributed by atoms with E-state index in [0.29, 0.717) is 12.8 Å². The lowest BCUT2D eigenvalue weighted by Crippen LogP contribution is -2.66. The van der Waals surface area contributed by atoms with Crippen LogP contribution in [0.25, 0.3) is 0 Å². The minimum atomic E-state index is -4.20. The van der Waals surface area contributed by atoms with Crippen LogP contribution in [0.5, 0.6) is 0 Å². The molecule has 0 saturated carbocycles. The van der Waals surface area contributed by atoms with Gasteiger partial charge in [0.2, 0.25) is 12.2 Å². The summed E-state index contributed by atoms with van der Waals surface area (Å²) in [5.74, 6) is -0.160. The van der Waals surface area contributed by atoms with Crippen molar-refractivity contribution in [2.75, 3.05) is 40.6 Å². The van der Waals surface area contributed by atoms with E-state index in [1.807, 2.05) is 6.92 Å². The summed E-state index contributed by atoms with van der Waals surface area (Å²) in [6, 6.07) is -0.834. The van der Waals surface area contributed by atoms with Crippen LogP contribution in [0.2, 0.25) is 0 Å². The second-order valence-corrected chi connectivity index (χ2v) is 16.5. The number of methoxy groups -OCH3 is 2. The van der Waals surface area contributed by atoms with E-state index in [9.17, 15) is 9.36 Å². The van der Waals surface area contributed by atoms with Crippen LogP contribution in [0, 0.1) is 0 Å². The molecule has 0 aromatic heterocycles. The molecule has 1 rings (SSSR count). The number of hydrogen-bond acceptors (Lipinski definition) is 10. The highest BCUT2D eigenvalue weighted by Gasteiger charge is 2.52. The molecule has 57 heavy (non-hydrogen) atoms. The Morgan fingerprint density at radius 1 is 0.789 bits per heavy atom. The number of allylic oxidation sites excluding steroid dienone is 3. The molecule has 1 unspecified atom stereocenters. The molecule has 1 N–H and O–H groups in total. The second kappa shape index (κ2) is 36.1. The summed E-state index contributed by atoms with van der Waals surface area (Å²) in [7, 11) is -0.950. The molecule has 1 saturated heterocycles. The third-order valence-electron chi connectivity index (χ3n) is 9.98. The fourth-order valence-corrected chi connectivity index (χ4v) is 8.12. The number of phosphoric ester groups is 1. The van der Waals surface area contributed by atoms with Crippen LogP contribution >= 0.6 is 7.82 Å². The van der Waals surface area contributed by atoms with E-state index in [4.69, 9.17) is 37.3 Å². The number of rotatable bonds is 39. The monoisotopic (exact) mass is 828 g/mol. The number of amides is 1. The quantitative estimate of drug-likeness (QED) is 0.0277. The SMILES string of the molecule is C=CCOP(=O)(OCC=C)O[C@H]1[C@H](OCC[C@@H](CCCCCCC)OC)[C@@H](NC(=O)CCCCCCCCC/C=C\CCCCCC)C(O/C=C/C)O[C@@H]1COC. The van der Waals surface area contributed by atoms with Gasteiger partial charge in [0.1, 0.15) is 24.4 Å². The maximum Gasteiger partial charge on any atom is 0.475 e. The normalized spacial score (nSPS) is 20.6. The van der Waals surface area contributed by atoms with E-state index in [0.717, 1.165) is 51.4 Å². The molecule has 0 radical (unpaired) electrons. The maximum absolute atomic E-state index is 14.0. The molecule has 6 atom stereocenters. The van der Waals surface area contributed by atoms with Crippen LogP contribution in [-0.2, 0) is 46.6 Å². The summed E-state index contributed by atoms with van der Waals surface area (Å²) in [5, 5.41) is 3.14. The topological polar surface area (TPSA) is 120 Å². The van der Waals surface area contributed by atoms with Gasteiger partial charge >= 0.3 is 7.82 Å². The third-order valence-corrected chi connectivity index (χ3v) is 11.4. The van der Waals surface area contributed by atoms with Gasteiger partial charge in [0.25, 0.3) is 0 Å². The number of ether oxygens (including phenoxy) is 5. The molecule has 1 aliphatic heterocycles. The Hall–Kier alpha value is -1.82. The summed E-state index contributed by atoms with van der Waals surface area (Å²) in [6.45, 7) is 13.8. The van der Waals surface area contributed by atoms with Crippen molar-refractivity contribution in [2.24, 2.45) is 0 Å². The highest BCUT2D eigenvalue weighted by atomic mass is 31.2. The molecule has 1 aliphatic rings. The number of nitrogens with one attached hydrogen (secondary N) is 1. The molecule has 0 spiro atoms. The lowest BCUT2D eigenvalue weighted by atomic mass is 9.96. The number of carbonyl (C=O) groups is 1. The van der Waals surface area contributed by atoms with Crippen molar-refractivity contribution in [1.29, 1.82) is 0 Å². The standard InChI is InChI=1S/C45H82NO10P/c1-8-13-15-17-18-19-20-21-22-23-24-25-26-28-30-32-41(47)46-42-44(51-37-33-39(50-7)31-29-27-16-14-9-2)43(40(38-49-6)55-45(42)52-34-10-3)56-57(48,53-35-11-4)54-36-12-5/h10-12,19-20,34,39-40,42-45H,4-5,8-9,13-18,21-33,35-38H2,1-3,6-7H3,(H,46,47)/b20-19-,34-10+/t39-,40-,42-,43-,44-,45?/m1/s1. The average Bonchev–Trinajstić information content (AvgIpc) is 3.21. The second-order valence-electron chi connectivity index (χ2n) is 14.9. The van der Waals surface area contributed by atoms with Crippen LogP contribution in [0.1, 0.15) is 156 Å². The Morgan fingerprint density at radius 3 is 1.95 bits per heavy atom. The molecule has 12 heteroatoms. The fraction of sp³-hybridized carbons (Fsp3) is 0.800. The highest BCUT2D eigenvalue weighted by Crippen LogP contribution is 2.52. The predicted octanol–water partition coefficient (Wildman–Crippen LogP) is 11.5. The number of unbranched alkanes of at least 4 members (excludes halogenated alkanes) is 15. The summed E-state index contributed by atoms with van der Waals surface area (Å²) < 4.78 is 61.8. The van der Waals surface area contributed by atoms with Gasteiger partial charge in [-0.25, -0.2) is 4.57 Å². The summed E-state index contributed by atoms with van der Waals surface area (Å²) >= 11 is 0. The summed E-state index contributed by atoms with van der Waals surface area (Å²) in [6.07, 6.45) is 30.1. The first-order valence-corrected chi connectivity index (χ1v) is 23.6. The molecule has 0 aromatic rings. The zero-order valence-corrected chi connectivity index (χ0v) is 37.4. The Kier molecular flexibility index (Phi) is 33.7. The van der Waals surface area contributed by atoms with E-state index in [2.05, 4.69) is 44.5 Å². The molecular formula is C45H82NO10P. The van der Waals surface area contributed by atoms with Gasteiger partial charge in [-0.1, -0.05) is 128 Å². The molecule has 0 bridgehead atoms. The smallest absolute Gasteiger partial charge is 0.471 e. The zero-order chi connectivity index (χ0) is 41.8. The minimum Gasteiger partial charge on any atom is -0.471 e. The Labute approximate surface area is 347 Å². The van der Waals surface area contributed by atoms with Crippen LogP contribution in [0.4, 0.5) is 0 Å². The third kappa shape index (κ3) is 25.4. The van der Waals surface area contributed by atoms with E-state index in [1.165, 1.54) is 96.2 Å². The maximum atomic E-state index is 14.0.